The van der Waals surface area contributed by atoms with Gasteiger partial charge in [0.1, 0.15) is 11.6 Å². The van der Waals surface area contributed by atoms with Crippen molar-refractivity contribution in [2.75, 3.05) is 6.54 Å². The van der Waals surface area contributed by atoms with Gasteiger partial charge in [-0.1, -0.05) is 37.6 Å². The molecule has 0 saturated heterocycles. The Labute approximate surface area is 186 Å². The first-order valence-corrected chi connectivity index (χ1v) is 10.4. The first kappa shape index (κ1) is 21.0. The van der Waals surface area contributed by atoms with Gasteiger partial charge in [0.2, 0.25) is 0 Å². The number of aromatic hydroxyl groups is 1. The number of aromatic nitrogens is 4. The van der Waals surface area contributed by atoms with Crippen LogP contribution in [0, 0.1) is 0 Å². The highest BCUT2D eigenvalue weighted by Gasteiger charge is 2.27. The average Bonchev–Trinajstić information content (AvgIpc) is 3.23. The summed E-state index contributed by atoms with van der Waals surface area (Å²) >= 11 is 6.01. The summed E-state index contributed by atoms with van der Waals surface area (Å²) in [4.78, 5) is 16.7. The molecule has 0 aliphatic carbocycles. The predicted octanol–water partition coefficient (Wildman–Crippen LogP) is 4.96. The lowest BCUT2D eigenvalue weighted by Gasteiger charge is -2.22. The highest BCUT2D eigenvalue weighted by molar-refractivity contribution is 6.32. The van der Waals surface area contributed by atoms with E-state index in [-0.39, 0.29) is 11.2 Å². The fraction of sp³-hybridized carbons (Fsp3) is 0.208. The molecule has 3 heterocycles. The Kier molecular flexibility index (Phi) is 6.02. The molecule has 6 nitrogen and oxygen atoms in total. The molecule has 31 heavy (non-hydrogen) atoms. The number of hydrogen-bond acceptors (Lipinski definition) is 5. The van der Waals surface area contributed by atoms with Gasteiger partial charge in [-0.2, -0.15) is 0 Å². The highest BCUT2D eigenvalue weighted by Crippen LogP contribution is 2.36. The number of phenolic OH excluding ortho intramolecular Hbond substituents is 1. The molecule has 7 heteroatoms. The van der Waals surface area contributed by atoms with E-state index in [9.17, 15) is 5.11 Å². The zero-order valence-electron chi connectivity index (χ0n) is 17.4. The fourth-order valence-electron chi connectivity index (χ4n) is 3.40. The van der Waals surface area contributed by atoms with Crippen molar-refractivity contribution >= 4 is 11.6 Å². The van der Waals surface area contributed by atoms with Crippen LogP contribution in [0.2, 0.25) is 5.02 Å². The fourth-order valence-corrected chi connectivity index (χ4v) is 3.51. The van der Waals surface area contributed by atoms with Crippen LogP contribution in [-0.2, 0) is 12.0 Å². The van der Waals surface area contributed by atoms with Crippen molar-refractivity contribution in [3.05, 3.63) is 83.7 Å². The van der Waals surface area contributed by atoms with Crippen LogP contribution in [0.1, 0.15) is 25.2 Å². The summed E-state index contributed by atoms with van der Waals surface area (Å²) < 4.78 is 0. The van der Waals surface area contributed by atoms with Crippen molar-refractivity contribution in [1.29, 1.82) is 0 Å². The largest absolute Gasteiger partial charge is 0.506 e. The number of phenols is 1. The summed E-state index contributed by atoms with van der Waals surface area (Å²) in [5.74, 6) is 0.879. The quantitative estimate of drug-likeness (QED) is 0.383. The van der Waals surface area contributed by atoms with E-state index in [0.29, 0.717) is 5.02 Å². The number of imidazole rings is 1. The van der Waals surface area contributed by atoms with Crippen molar-refractivity contribution in [3.8, 4) is 28.3 Å². The summed E-state index contributed by atoms with van der Waals surface area (Å²) in [6.45, 7) is 5.73. The summed E-state index contributed by atoms with van der Waals surface area (Å²) in [5, 5.41) is 13.9. The first-order valence-electron chi connectivity index (χ1n) is 10.0. The van der Waals surface area contributed by atoms with Crippen LogP contribution in [0.3, 0.4) is 0 Å². The van der Waals surface area contributed by atoms with E-state index in [0.717, 1.165) is 47.0 Å². The minimum Gasteiger partial charge on any atom is -0.506 e. The topological polar surface area (TPSA) is 86.7 Å². The van der Waals surface area contributed by atoms with E-state index in [1.54, 1.807) is 30.7 Å². The van der Waals surface area contributed by atoms with E-state index in [1.807, 2.05) is 36.5 Å². The van der Waals surface area contributed by atoms with Gasteiger partial charge < -0.3 is 15.4 Å². The van der Waals surface area contributed by atoms with Gasteiger partial charge in [0.15, 0.2) is 0 Å². The lowest BCUT2D eigenvalue weighted by molar-refractivity contribution is 0.447. The van der Waals surface area contributed by atoms with Crippen LogP contribution >= 0.6 is 11.6 Å². The molecule has 0 atom stereocenters. The molecular weight excluding hydrogens is 410 g/mol. The lowest BCUT2D eigenvalue weighted by atomic mass is 9.92. The number of halogens is 1. The maximum atomic E-state index is 10.1. The van der Waals surface area contributed by atoms with Gasteiger partial charge in [-0.3, -0.25) is 9.97 Å². The van der Waals surface area contributed by atoms with Crippen molar-refractivity contribution in [2.24, 2.45) is 0 Å². The standard InChI is InChI=1S/C24H24ClN5O/c1-24(2,15-28-14-16-4-3-9-27-13-16)23-29-21(17-7-10-26-11-8-17)22(30-23)18-5-6-19(25)20(31)12-18/h3-13,28,31H,14-15H2,1-2H3,(H,29,30). The molecule has 158 valence electrons. The number of nitrogens with zero attached hydrogens (tertiary/aromatic N) is 3. The van der Waals surface area contributed by atoms with Gasteiger partial charge in [0.05, 0.1) is 16.4 Å². The number of pyridine rings is 2. The molecular formula is C24H24ClN5O. The molecule has 0 aliphatic heterocycles. The summed E-state index contributed by atoms with van der Waals surface area (Å²) in [7, 11) is 0. The number of hydrogen-bond donors (Lipinski definition) is 3. The molecule has 0 unspecified atom stereocenters. The van der Waals surface area contributed by atoms with Crippen LogP contribution in [0.5, 0.6) is 5.75 Å². The molecule has 0 saturated carbocycles. The second-order valence-electron chi connectivity index (χ2n) is 8.06. The predicted molar refractivity (Wildman–Crippen MR) is 123 cm³/mol. The van der Waals surface area contributed by atoms with Crippen LogP contribution in [0.25, 0.3) is 22.5 Å². The molecule has 0 bridgehead atoms. The van der Waals surface area contributed by atoms with Crippen molar-refractivity contribution in [2.45, 2.75) is 25.8 Å². The molecule has 3 N–H and O–H groups in total. The van der Waals surface area contributed by atoms with Crippen LogP contribution < -0.4 is 5.32 Å². The van der Waals surface area contributed by atoms with Crippen LogP contribution in [-0.4, -0.2) is 31.6 Å². The molecule has 1 aromatic carbocycles. The van der Waals surface area contributed by atoms with E-state index in [4.69, 9.17) is 16.6 Å². The number of H-pyrrole nitrogens is 1. The van der Waals surface area contributed by atoms with Gasteiger partial charge in [-0.05, 0) is 35.9 Å². The molecule has 3 aromatic heterocycles. The highest BCUT2D eigenvalue weighted by atomic mass is 35.5. The first-order chi connectivity index (χ1) is 14.9. The summed E-state index contributed by atoms with van der Waals surface area (Å²) in [5.41, 5.74) is 4.25. The minimum atomic E-state index is -0.267. The van der Waals surface area contributed by atoms with E-state index >= 15 is 0 Å². The minimum absolute atomic E-state index is 0.0294. The Morgan fingerprint density at radius 2 is 1.84 bits per heavy atom. The Morgan fingerprint density at radius 1 is 1.03 bits per heavy atom. The van der Waals surface area contributed by atoms with Crippen LogP contribution in [0.15, 0.2) is 67.3 Å². The monoisotopic (exact) mass is 433 g/mol. The zero-order valence-corrected chi connectivity index (χ0v) is 18.2. The van der Waals surface area contributed by atoms with E-state index in [1.165, 1.54) is 0 Å². The summed E-state index contributed by atoms with van der Waals surface area (Å²) in [6, 6.07) is 13.0. The third kappa shape index (κ3) is 4.76. The van der Waals surface area contributed by atoms with Gasteiger partial charge in [-0.25, -0.2) is 4.98 Å². The van der Waals surface area contributed by atoms with Crippen molar-refractivity contribution < 1.29 is 5.11 Å². The molecule has 0 spiro atoms. The SMILES string of the molecule is CC(C)(CNCc1cccnc1)c1nc(-c2ccc(Cl)c(O)c2)c(-c2ccncc2)[nH]1. The third-order valence-corrected chi connectivity index (χ3v) is 5.47. The van der Waals surface area contributed by atoms with Gasteiger partial charge in [0, 0.05) is 54.4 Å². The normalized spacial score (nSPS) is 11.6. The zero-order chi connectivity index (χ0) is 21.8. The molecule has 0 fully saturated rings. The Bertz CT molecular complexity index is 1160. The molecule has 0 aliphatic rings. The second kappa shape index (κ2) is 8.88. The lowest BCUT2D eigenvalue weighted by Crippen LogP contribution is -2.33. The second-order valence-corrected chi connectivity index (χ2v) is 8.47. The number of benzene rings is 1. The Balaban J connectivity index is 1.66. The number of nitrogens with one attached hydrogen (secondary N) is 2. The number of aromatic amines is 1. The average molecular weight is 434 g/mol. The van der Waals surface area contributed by atoms with Crippen LogP contribution in [0.4, 0.5) is 0 Å². The molecule has 0 amide bonds. The maximum Gasteiger partial charge on any atom is 0.134 e. The smallest absolute Gasteiger partial charge is 0.134 e. The molecule has 4 aromatic rings. The van der Waals surface area contributed by atoms with Crippen molar-refractivity contribution in [1.82, 2.24) is 25.3 Å². The maximum absolute atomic E-state index is 10.1. The summed E-state index contributed by atoms with van der Waals surface area (Å²) in [6.07, 6.45) is 7.13. The van der Waals surface area contributed by atoms with E-state index < -0.39 is 0 Å². The Hall–Kier alpha value is -3.22. The number of rotatable bonds is 7. The van der Waals surface area contributed by atoms with E-state index in [2.05, 4.69) is 34.1 Å². The molecule has 4 rings (SSSR count). The third-order valence-electron chi connectivity index (χ3n) is 5.15. The van der Waals surface area contributed by atoms with Gasteiger partial charge >= 0.3 is 0 Å². The Morgan fingerprint density at radius 3 is 2.55 bits per heavy atom. The van der Waals surface area contributed by atoms with Gasteiger partial charge in [-0.15, -0.1) is 0 Å². The van der Waals surface area contributed by atoms with Gasteiger partial charge in [0.25, 0.3) is 0 Å². The molecule has 0 radical (unpaired) electrons. The van der Waals surface area contributed by atoms with Crippen molar-refractivity contribution in [3.63, 3.8) is 0 Å².